The van der Waals surface area contributed by atoms with Gasteiger partial charge in [0.2, 0.25) is 0 Å². The highest BCUT2D eigenvalue weighted by Gasteiger charge is 2.54. The number of anilines is 1. The molecule has 1 aromatic rings. The molecule has 0 radical (unpaired) electrons. The van der Waals surface area contributed by atoms with Crippen LogP contribution in [0, 0.1) is 11.3 Å². The van der Waals surface area contributed by atoms with Crippen molar-refractivity contribution in [1.29, 1.82) is 0 Å². The van der Waals surface area contributed by atoms with Crippen molar-refractivity contribution in [2.24, 2.45) is 11.3 Å². The maximum atomic E-state index is 13.7. The summed E-state index contributed by atoms with van der Waals surface area (Å²) in [5.74, 6) is -0.931. The first kappa shape index (κ1) is 18.9. The fourth-order valence-electron chi connectivity index (χ4n) is 6.26. The lowest BCUT2D eigenvalue weighted by Gasteiger charge is -2.52. The SMILES string of the molecule is O=C(O)C1CCC(N2CC(C34CCN(CC3)CC4)N(c3ccccc3)C2=O)CC1. The van der Waals surface area contributed by atoms with E-state index in [1.54, 1.807) is 0 Å². The number of piperidine rings is 3. The molecule has 1 unspecified atom stereocenters. The summed E-state index contributed by atoms with van der Waals surface area (Å²) in [5, 5.41) is 9.32. The van der Waals surface area contributed by atoms with Gasteiger partial charge in [-0.3, -0.25) is 9.69 Å². The van der Waals surface area contributed by atoms with E-state index in [4.69, 9.17) is 0 Å². The Bertz CT molecular complexity index is 753. The lowest BCUT2D eigenvalue weighted by Crippen LogP contribution is -2.57. The van der Waals surface area contributed by atoms with Crippen LogP contribution in [0.1, 0.15) is 44.9 Å². The van der Waals surface area contributed by atoms with E-state index in [0.717, 1.165) is 44.7 Å². The molecule has 6 rings (SSSR count). The zero-order valence-corrected chi connectivity index (χ0v) is 17.0. The minimum absolute atomic E-state index is 0.127. The number of nitrogens with zero attached hydrogens (tertiary/aromatic N) is 3. The number of benzene rings is 1. The van der Waals surface area contributed by atoms with E-state index in [2.05, 4.69) is 26.8 Å². The zero-order chi connectivity index (χ0) is 20.0. The van der Waals surface area contributed by atoms with Gasteiger partial charge in [-0.05, 0) is 82.1 Å². The molecular weight excluding hydrogens is 366 g/mol. The molecule has 1 saturated carbocycles. The first-order valence-electron chi connectivity index (χ1n) is 11.2. The maximum Gasteiger partial charge on any atom is 0.325 e. The fourth-order valence-corrected chi connectivity index (χ4v) is 6.26. The van der Waals surface area contributed by atoms with Gasteiger partial charge in [0.05, 0.1) is 12.0 Å². The number of rotatable bonds is 4. The standard InChI is InChI=1S/C23H31N3O3/c27-21(28)17-6-8-18(9-7-17)25-16-20(23-10-13-24(14-11-23)15-12-23)26(22(25)29)19-4-2-1-3-5-19/h1-5,17-18,20H,6-16H2,(H,27,28). The third kappa shape index (κ3) is 3.21. The van der Waals surface area contributed by atoms with E-state index in [1.807, 2.05) is 18.2 Å². The minimum atomic E-state index is -0.687. The Morgan fingerprint density at radius 2 is 1.59 bits per heavy atom. The van der Waals surface area contributed by atoms with Gasteiger partial charge in [-0.1, -0.05) is 18.2 Å². The van der Waals surface area contributed by atoms with Crippen molar-refractivity contribution in [3.8, 4) is 0 Å². The number of aliphatic carboxylic acids is 1. The second kappa shape index (κ2) is 7.31. The smallest absolute Gasteiger partial charge is 0.325 e. The van der Waals surface area contributed by atoms with Crippen LogP contribution >= 0.6 is 0 Å². The molecule has 2 bridgehead atoms. The van der Waals surface area contributed by atoms with Gasteiger partial charge in [0, 0.05) is 18.3 Å². The third-order valence-corrected chi connectivity index (χ3v) is 8.14. The molecule has 4 saturated heterocycles. The van der Waals surface area contributed by atoms with Crippen molar-refractivity contribution < 1.29 is 14.7 Å². The molecule has 1 aliphatic carbocycles. The molecule has 1 atom stereocenters. The molecule has 156 valence electrons. The number of carbonyl (C=O) groups is 2. The summed E-state index contributed by atoms with van der Waals surface area (Å²) in [4.78, 5) is 31.7. The van der Waals surface area contributed by atoms with Gasteiger partial charge in [0.1, 0.15) is 0 Å². The largest absolute Gasteiger partial charge is 0.481 e. The van der Waals surface area contributed by atoms with Crippen molar-refractivity contribution in [3.63, 3.8) is 0 Å². The monoisotopic (exact) mass is 397 g/mol. The summed E-state index contributed by atoms with van der Waals surface area (Å²) < 4.78 is 0. The molecule has 5 fully saturated rings. The summed E-state index contributed by atoms with van der Waals surface area (Å²) in [6, 6.07) is 10.7. The van der Waals surface area contributed by atoms with Crippen molar-refractivity contribution in [3.05, 3.63) is 30.3 Å². The van der Waals surface area contributed by atoms with Gasteiger partial charge in [-0.25, -0.2) is 4.79 Å². The number of amides is 2. The van der Waals surface area contributed by atoms with E-state index in [9.17, 15) is 14.7 Å². The van der Waals surface area contributed by atoms with Gasteiger partial charge in [-0.2, -0.15) is 0 Å². The number of fused-ring (bicyclic) bond motifs is 3. The number of carboxylic acids is 1. The average molecular weight is 398 g/mol. The molecule has 4 aliphatic heterocycles. The van der Waals surface area contributed by atoms with E-state index in [-0.39, 0.29) is 29.4 Å². The Hall–Kier alpha value is -2.08. The van der Waals surface area contributed by atoms with Crippen LogP contribution in [0.2, 0.25) is 0 Å². The minimum Gasteiger partial charge on any atom is -0.481 e. The van der Waals surface area contributed by atoms with E-state index in [0.29, 0.717) is 12.8 Å². The molecule has 5 aliphatic rings. The lowest BCUT2D eigenvalue weighted by atomic mass is 9.66. The molecule has 0 spiro atoms. The number of para-hydroxylation sites is 1. The Morgan fingerprint density at radius 1 is 0.966 bits per heavy atom. The zero-order valence-electron chi connectivity index (χ0n) is 17.0. The van der Waals surface area contributed by atoms with Gasteiger partial charge < -0.3 is 14.9 Å². The van der Waals surface area contributed by atoms with Crippen LogP contribution in [-0.2, 0) is 4.79 Å². The molecule has 29 heavy (non-hydrogen) atoms. The van der Waals surface area contributed by atoms with Crippen LogP contribution in [0.25, 0.3) is 0 Å². The summed E-state index contributed by atoms with van der Waals surface area (Å²) in [5.41, 5.74) is 1.22. The summed E-state index contributed by atoms with van der Waals surface area (Å²) in [6.07, 6.45) is 6.49. The van der Waals surface area contributed by atoms with E-state index < -0.39 is 5.97 Å². The number of carbonyl (C=O) groups excluding carboxylic acids is 1. The van der Waals surface area contributed by atoms with E-state index in [1.165, 1.54) is 19.3 Å². The Kier molecular flexibility index (Phi) is 4.77. The lowest BCUT2D eigenvalue weighted by molar-refractivity contribution is -0.143. The predicted molar refractivity (Wildman–Crippen MR) is 111 cm³/mol. The second-order valence-corrected chi connectivity index (χ2v) is 9.45. The van der Waals surface area contributed by atoms with Crippen molar-refractivity contribution in [2.75, 3.05) is 31.1 Å². The van der Waals surface area contributed by atoms with Gasteiger partial charge in [0.15, 0.2) is 0 Å². The fraction of sp³-hybridized carbons (Fsp3) is 0.652. The molecule has 1 N–H and O–H groups in total. The van der Waals surface area contributed by atoms with Crippen LogP contribution in [0.4, 0.5) is 10.5 Å². The second-order valence-electron chi connectivity index (χ2n) is 9.45. The highest BCUT2D eigenvalue weighted by atomic mass is 16.4. The number of hydrogen-bond donors (Lipinski definition) is 1. The molecule has 0 aromatic heterocycles. The predicted octanol–water partition coefficient (Wildman–Crippen LogP) is 3.43. The van der Waals surface area contributed by atoms with Crippen molar-refractivity contribution >= 4 is 17.7 Å². The number of carboxylic acid groups (broad SMARTS) is 1. The molecule has 1 aromatic carbocycles. The summed E-state index contributed by atoms with van der Waals surface area (Å²) in [6.45, 7) is 4.24. The highest BCUT2D eigenvalue weighted by Crippen LogP contribution is 2.48. The molecule has 6 heteroatoms. The topological polar surface area (TPSA) is 64.1 Å². The normalized spacial score (nSPS) is 37.2. The van der Waals surface area contributed by atoms with Crippen LogP contribution in [0.15, 0.2) is 30.3 Å². The Labute approximate surface area is 172 Å². The maximum absolute atomic E-state index is 13.7. The van der Waals surface area contributed by atoms with Gasteiger partial charge in [-0.15, -0.1) is 0 Å². The first-order valence-corrected chi connectivity index (χ1v) is 11.2. The third-order valence-electron chi connectivity index (χ3n) is 8.14. The highest BCUT2D eigenvalue weighted by molar-refractivity contribution is 5.95. The van der Waals surface area contributed by atoms with E-state index >= 15 is 0 Å². The van der Waals surface area contributed by atoms with Crippen LogP contribution in [0.5, 0.6) is 0 Å². The molecular formula is C23H31N3O3. The quantitative estimate of drug-likeness (QED) is 0.846. The van der Waals surface area contributed by atoms with Crippen LogP contribution in [-0.4, -0.2) is 65.2 Å². The first-order chi connectivity index (χ1) is 14.1. The van der Waals surface area contributed by atoms with Crippen molar-refractivity contribution in [1.82, 2.24) is 9.80 Å². The molecule has 4 heterocycles. The van der Waals surface area contributed by atoms with Crippen LogP contribution < -0.4 is 4.90 Å². The average Bonchev–Trinajstić information content (AvgIpc) is 3.13. The van der Waals surface area contributed by atoms with Crippen molar-refractivity contribution in [2.45, 2.75) is 57.0 Å². The Morgan fingerprint density at radius 3 is 2.17 bits per heavy atom. The number of urea groups is 1. The number of hydrogen-bond acceptors (Lipinski definition) is 3. The van der Waals surface area contributed by atoms with Gasteiger partial charge in [0.25, 0.3) is 0 Å². The van der Waals surface area contributed by atoms with Gasteiger partial charge >= 0.3 is 12.0 Å². The molecule has 2 amide bonds. The van der Waals surface area contributed by atoms with Crippen LogP contribution in [0.3, 0.4) is 0 Å². The summed E-state index contributed by atoms with van der Waals surface area (Å²) in [7, 11) is 0. The Balaban J connectivity index is 1.42. The molecule has 6 nitrogen and oxygen atoms in total. The summed E-state index contributed by atoms with van der Waals surface area (Å²) >= 11 is 0.